The van der Waals surface area contributed by atoms with Gasteiger partial charge >= 0.3 is 0 Å². The number of hydrogen-bond acceptors (Lipinski definition) is 2. The van der Waals surface area contributed by atoms with Gasteiger partial charge in [-0.2, -0.15) is 0 Å². The fourth-order valence-corrected chi connectivity index (χ4v) is 1.12. The monoisotopic (exact) mass is 147 g/mol. The number of fused-ring (bicyclic) bond motifs is 1. The average molecular weight is 147 g/mol. The second-order valence-electron chi connectivity index (χ2n) is 2.51. The third-order valence-electron chi connectivity index (χ3n) is 1.80. The van der Waals surface area contributed by atoms with Gasteiger partial charge in [0, 0.05) is 0 Å². The first kappa shape index (κ1) is 6.40. The predicted octanol–water partition coefficient (Wildman–Crippen LogP) is 2.39. The van der Waals surface area contributed by atoms with E-state index in [9.17, 15) is 0 Å². The Labute approximate surface area is 64.9 Å². The van der Waals surface area contributed by atoms with E-state index < -0.39 is 0 Å². The van der Waals surface area contributed by atoms with Gasteiger partial charge in [-0.25, -0.2) is 4.98 Å². The largest absolute Gasteiger partial charge is 0.443 e. The van der Waals surface area contributed by atoms with E-state index in [0.29, 0.717) is 0 Å². The van der Waals surface area contributed by atoms with Crippen molar-refractivity contribution in [3.63, 3.8) is 0 Å². The van der Waals surface area contributed by atoms with Gasteiger partial charge in [0.2, 0.25) is 0 Å². The first-order valence-corrected chi connectivity index (χ1v) is 3.72. The van der Waals surface area contributed by atoms with Gasteiger partial charge in [-0.05, 0) is 24.1 Å². The lowest BCUT2D eigenvalue weighted by molar-refractivity contribution is 0.601. The molecule has 0 aliphatic heterocycles. The SMILES string of the molecule is CCc1ccc2ncoc2c1. The van der Waals surface area contributed by atoms with Crippen LogP contribution in [0.25, 0.3) is 11.1 Å². The van der Waals surface area contributed by atoms with Crippen molar-refractivity contribution in [3.05, 3.63) is 30.2 Å². The van der Waals surface area contributed by atoms with E-state index in [-0.39, 0.29) is 0 Å². The van der Waals surface area contributed by atoms with Crippen LogP contribution in [0.2, 0.25) is 0 Å². The van der Waals surface area contributed by atoms with Crippen LogP contribution in [0.1, 0.15) is 12.5 Å². The maximum Gasteiger partial charge on any atom is 0.181 e. The summed E-state index contributed by atoms with van der Waals surface area (Å²) in [5.74, 6) is 0. The van der Waals surface area contributed by atoms with Gasteiger partial charge in [-0.15, -0.1) is 0 Å². The van der Waals surface area contributed by atoms with E-state index in [1.807, 2.05) is 12.1 Å². The van der Waals surface area contributed by atoms with Crippen molar-refractivity contribution in [2.75, 3.05) is 0 Å². The highest BCUT2D eigenvalue weighted by molar-refractivity contribution is 5.72. The highest BCUT2D eigenvalue weighted by Crippen LogP contribution is 2.13. The van der Waals surface area contributed by atoms with Crippen LogP contribution in [0.3, 0.4) is 0 Å². The number of oxazole rings is 1. The number of rotatable bonds is 1. The molecule has 0 radical (unpaired) electrons. The molecular weight excluding hydrogens is 138 g/mol. The van der Waals surface area contributed by atoms with Gasteiger partial charge in [0.05, 0.1) is 0 Å². The lowest BCUT2D eigenvalue weighted by Crippen LogP contribution is -1.77. The number of aryl methyl sites for hydroxylation is 1. The van der Waals surface area contributed by atoms with Crippen molar-refractivity contribution in [2.24, 2.45) is 0 Å². The molecule has 2 nitrogen and oxygen atoms in total. The Morgan fingerprint density at radius 2 is 2.36 bits per heavy atom. The van der Waals surface area contributed by atoms with Gasteiger partial charge in [-0.3, -0.25) is 0 Å². The Kier molecular flexibility index (Phi) is 1.39. The maximum absolute atomic E-state index is 5.15. The molecule has 0 unspecified atom stereocenters. The fourth-order valence-electron chi connectivity index (χ4n) is 1.12. The molecule has 0 amide bonds. The van der Waals surface area contributed by atoms with Crippen molar-refractivity contribution in [1.29, 1.82) is 0 Å². The molecule has 56 valence electrons. The van der Waals surface area contributed by atoms with Crippen LogP contribution in [0.15, 0.2) is 29.0 Å². The van der Waals surface area contributed by atoms with E-state index >= 15 is 0 Å². The van der Waals surface area contributed by atoms with Crippen LogP contribution in [0.5, 0.6) is 0 Å². The lowest BCUT2D eigenvalue weighted by atomic mass is 10.2. The standard InChI is InChI=1S/C9H9NO/c1-2-7-3-4-8-9(5-7)11-6-10-8/h3-6H,2H2,1H3. The van der Waals surface area contributed by atoms with Crippen molar-refractivity contribution < 1.29 is 4.42 Å². The molecule has 2 aromatic rings. The predicted molar refractivity (Wildman–Crippen MR) is 43.4 cm³/mol. The number of benzene rings is 1. The average Bonchev–Trinajstić information content (AvgIpc) is 2.50. The van der Waals surface area contributed by atoms with E-state index in [1.165, 1.54) is 12.0 Å². The molecular formula is C9H9NO. The zero-order chi connectivity index (χ0) is 7.68. The Morgan fingerprint density at radius 1 is 1.45 bits per heavy atom. The summed E-state index contributed by atoms with van der Waals surface area (Å²) in [5, 5.41) is 0. The molecule has 0 bridgehead atoms. The van der Waals surface area contributed by atoms with Crippen molar-refractivity contribution >= 4 is 11.1 Å². The highest BCUT2D eigenvalue weighted by Gasteiger charge is 1.97. The summed E-state index contributed by atoms with van der Waals surface area (Å²) in [7, 11) is 0. The van der Waals surface area contributed by atoms with E-state index in [1.54, 1.807) is 0 Å². The van der Waals surface area contributed by atoms with Crippen LogP contribution in [0.4, 0.5) is 0 Å². The Balaban J connectivity index is 2.67. The smallest absolute Gasteiger partial charge is 0.181 e. The van der Waals surface area contributed by atoms with Gasteiger partial charge in [0.25, 0.3) is 0 Å². The van der Waals surface area contributed by atoms with Crippen LogP contribution >= 0.6 is 0 Å². The third kappa shape index (κ3) is 1.00. The molecule has 0 fully saturated rings. The molecule has 0 aliphatic carbocycles. The molecule has 0 saturated heterocycles. The molecule has 1 heterocycles. The second kappa shape index (κ2) is 2.38. The van der Waals surface area contributed by atoms with Gasteiger partial charge < -0.3 is 4.42 Å². The molecule has 0 saturated carbocycles. The molecule has 0 atom stereocenters. The summed E-state index contributed by atoms with van der Waals surface area (Å²) in [6.45, 7) is 2.12. The van der Waals surface area contributed by atoms with Crippen molar-refractivity contribution in [2.45, 2.75) is 13.3 Å². The lowest BCUT2D eigenvalue weighted by Gasteiger charge is -1.92. The molecule has 1 aromatic carbocycles. The van der Waals surface area contributed by atoms with E-state index in [2.05, 4.69) is 18.0 Å². The van der Waals surface area contributed by atoms with Crippen LogP contribution in [-0.2, 0) is 6.42 Å². The van der Waals surface area contributed by atoms with Crippen molar-refractivity contribution in [1.82, 2.24) is 4.98 Å². The van der Waals surface area contributed by atoms with Crippen LogP contribution < -0.4 is 0 Å². The zero-order valence-electron chi connectivity index (χ0n) is 6.37. The molecule has 2 rings (SSSR count). The van der Waals surface area contributed by atoms with Gasteiger partial charge in [-0.1, -0.05) is 13.0 Å². The minimum atomic E-state index is 0.879. The van der Waals surface area contributed by atoms with Gasteiger partial charge in [0.15, 0.2) is 12.0 Å². The Hall–Kier alpha value is -1.31. The molecule has 0 N–H and O–H groups in total. The first-order chi connectivity index (χ1) is 5.40. The highest BCUT2D eigenvalue weighted by atomic mass is 16.3. The summed E-state index contributed by atoms with van der Waals surface area (Å²) in [6.07, 6.45) is 2.51. The number of nitrogens with zero attached hydrogens (tertiary/aromatic N) is 1. The zero-order valence-corrected chi connectivity index (χ0v) is 6.37. The Bertz CT molecular complexity index is 364. The normalized spacial score (nSPS) is 10.6. The number of hydrogen-bond donors (Lipinski definition) is 0. The Morgan fingerprint density at radius 3 is 3.18 bits per heavy atom. The van der Waals surface area contributed by atoms with Crippen molar-refractivity contribution in [3.8, 4) is 0 Å². The van der Waals surface area contributed by atoms with Gasteiger partial charge in [0.1, 0.15) is 5.52 Å². The fraction of sp³-hybridized carbons (Fsp3) is 0.222. The minimum absolute atomic E-state index is 0.879. The minimum Gasteiger partial charge on any atom is -0.443 e. The topological polar surface area (TPSA) is 26.0 Å². The molecule has 0 spiro atoms. The van der Waals surface area contributed by atoms with E-state index in [0.717, 1.165) is 17.5 Å². The third-order valence-corrected chi connectivity index (χ3v) is 1.80. The summed E-state index contributed by atoms with van der Waals surface area (Å²) in [4.78, 5) is 4.03. The summed E-state index contributed by atoms with van der Waals surface area (Å²) >= 11 is 0. The molecule has 2 heteroatoms. The van der Waals surface area contributed by atoms with Crippen LogP contribution in [-0.4, -0.2) is 4.98 Å². The molecule has 0 aliphatic rings. The summed E-state index contributed by atoms with van der Waals surface area (Å²) in [6, 6.07) is 6.09. The summed E-state index contributed by atoms with van der Waals surface area (Å²) in [5.41, 5.74) is 3.10. The molecule has 1 aromatic heterocycles. The summed E-state index contributed by atoms with van der Waals surface area (Å²) < 4.78 is 5.15. The van der Waals surface area contributed by atoms with E-state index in [4.69, 9.17) is 4.42 Å². The first-order valence-electron chi connectivity index (χ1n) is 3.72. The quantitative estimate of drug-likeness (QED) is 0.619. The maximum atomic E-state index is 5.15. The molecule has 11 heavy (non-hydrogen) atoms. The van der Waals surface area contributed by atoms with Crippen LogP contribution in [0, 0.1) is 0 Å². The second-order valence-corrected chi connectivity index (χ2v) is 2.51. The number of aromatic nitrogens is 1.